The van der Waals surface area contributed by atoms with Crippen molar-refractivity contribution in [1.29, 1.82) is 5.26 Å². The molecule has 32 heavy (non-hydrogen) atoms. The van der Waals surface area contributed by atoms with Gasteiger partial charge in [-0.15, -0.1) is 21.5 Å². The molecule has 5 rings (SSSR count). The number of carbonyl (C=O) groups is 1. The average molecular weight is 464 g/mol. The number of fused-ring (bicyclic) bond motifs is 2. The monoisotopic (exact) mass is 463 g/mol. The van der Waals surface area contributed by atoms with Crippen LogP contribution in [0.15, 0.2) is 39.9 Å². The van der Waals surface area contributed by atoms with Crippen molar-refractivity contribution in [2.75, 3.05) is 11.1 Å². The first kappa shape index (κ1) is 20.8. The summed E-state index contributed by atoms with van der Waals surface area (Å²) in [5.41, 5.74) is 2.55. The lowest BCUT2D eigenvalue weighted by molar-refractivity contribution is -0.113. The number of thioether (sulfide) groups is 1. The van der Waals surface area contributed by atoms with Crippen LogP contribution in [0.4, 0.5) is 5.00 Å². The van der Waals surface area contributed by atoms with Crippen LogP contribution in [0.3, 0.4) is 0 Å². The molecule has 1 amide bonds. The summed E-state index contributed by atoms with van der Waals surface area (Å²) in [5.74, 6) is 1.33. The number of carbonyl (C=O) groups excluding carboxylic acids is 1. The number of rotatable bonds is 6. The van der Waals surface area contributed by atoms with Crippen molar-refractivity contribution in [2.45, 2.75) is 44.3 Å². The van der Waals surface area contributed by atoms with Crippen molar-refractivity contribution in [2.24, 2.45) is 0 Å². The average Bonchev–Trinajstić information content (AvgIpc) is 3.51. The molecule has 3 heterocycles. The van der Waals surface area contributed by atoms with Gasteiger partial charge in [-0.3, -0.25) is 9.36 Å². The van der Waals surface area contributed by atoms with Gasteiger partial charge in [0.2, 0.25) is 11.7 Å². The number of hydrogen-bond acceptors (Lipinski definition) is 7. The van der Waals surface area contributed by atoms with Crippen LogP contribution in [-0.4, -0.2) is 26.4 Å². The third kappa shape index (κ3) is 3.80. The van der Waals surface area contributed by atoms with Crippen LogP contribution in [0.1, 0.15) is 35.8 Å². The molecule has 0 spiro atoms. The second-order valence-corrected chi connectivity index (χ2v) is 9.61. The molecule has 9 heteroatoms. The van der Waals surface area contributed by atoms with E-state index >= 15 is 0 Å². The second kappa shape index (κ2) is 8.81. The van der Waals surface area contributed by atoms with Crippen LogP contribution in [0.25, 0.3) is 22.6 Å². The van der Waals surface area contributed by atoms with E-state index in [0.29, 0.717) is 33.9 Å². The molecule has 1 aliphatic carbocycles. The van der Waals surface area contributed by atoms with E-state index in [0.717, 1.165) is 42.2 Å². The van der Waals surface area contributed by atoms with Crippen molar-refractivity contribution < 1.29 is 9.21 Å². The fraction of sp³-hybridized carbons (Fsp3) is 0.304. The number of furan rings is 1. The van der Waals surface area contributed by atoms with E-state index in [-0.39, 0.29) is 11.7 Å². The topological polar surface area (TPSA) is 96.7 Å². The lowest BCUT2D eigenvalue weighted by Crippen LogP contribution is -2.14. The Morgan fingerprint density at radius 1 is 1.31 bits per heavy atom. The van der Waals surface area contributed by atoms with E-state index in [1.54, 1.807) is 0 Å². The maximum atomic E-state index is 12.6. The van der Waals surface area contributed by atoms with Gasteiger partial charge in [-0.2, -0.15) is 5.26 Å². The van der Waals surface area contributed by atoms with E-state index in [9.17, 15) is 10.1 Å². The van der Waals surface area contributed by atoms with Crippen molar-refractivity contribution in [1.82, 2.24) is 14.8 Å². The van der Waals surface area contributed by atoms with E-state index < -0.39 is 0 Å². The first-order valence-electron chi connectivity index (χ1n) is 10.6. The van der Waals surface area contributed by atoms with E-state index in [2.05, 4.69) is 21.6 Å². The summed E-state index contributed by atoms with van der Waals surface area (Å²) in [4.78, 5) is 13.9. The second-order valence-electron chi connectivity index (χ2n) is 7.56. The van der Waals surface area contributed by atoms with E-state index in [4.69, 9.17) is 4.42 Å². The molecule has 0 aliphatic heterocycles. The highest BCUT2D eigenvalue weighted by atomic mass is 32.2. The zero-order chi connectivity index (χ0) is 22.1. The largest absolute Gasteiger partial charge is 0.453 e. The summed E-state index contributed by atoms with van der Waals surface area (Å²) >= 11 is 2.87. The highest BCUT2D eigenvalue weighted by Crippen LogP contribution is 2.37. The van der Waals surface area contributed by atoms with Crippen molar-refractivity contribution in [3.05, 3.63) is 46.3 Å². The summed E-state index contributed by atoms with van der Waals surface area (Å²) in [5, 5.41) is 23.5. The molecule has 0 atom stereocenters. The maximum absolute atomic E-state index is 12.6. The summed E-state index contributed by atoms with van der Waals surface area (Å²) < 4.78 is 7.88. The van der Waals surface area contributed by atoms with Crippen molar-refractivity contribution in [3.63, 3.8) is 0 Å². The third-order valence-electron chi connectivity index (χ3n) is 5.55. The minimum Gasteiger partial charge on any atom is -0.453 e. The zero-order valence-electron chi connectivity index (χ0n) is 17.6. The Morgan fingerprint density at radius 2 is 2.16 bits per heavy atom. The summed E-state index contributed by atoms with van der Waals surface area (Å²) in [6.45, 7) is 2.66. The molecule has 4 aromatic rings. The van der Waals surface area contributed by atoms with Gasteiger partial charge in [0.05, 0.1) is 11.3 Å². The SMILES string of the molecule is CCn1c(SCC(=O)Nc2sc3c(c2C#N)CCCC3)nnc1-c1cc2ccccc2o1. The van der Waals surface area contributed by atoms with Crippen LogP contribution >= 0.6 is 23.1 Å². The van der Waals surface area contributed by atoms with Gasteiger partial charge in [-0.1, -0.05) is 30.0 Å². The third-order valence-corrected chi connectivity index (χ3v) is 7.72. The fourth-order valence-corrected chi connectivity index (χ4v) is 6.08. The molecule has 0 unspecified atom stereocenters. The van der Waals surface area contributed by atoms with Gasteiger partial charge in [-0.05, 0) is 50.3 Å². The van der Waals surface area contributed by atoms with Gasteiger partial charge in [0.1, 0.15) is 16.7 Å². The Morgan fingerprint density at radius 3 is 2.97 bits per heavy atom. The van der Waals surface area contributed by atoms with E-state index in [1.807, 2.05) is 41.8 Å². The van der Waals surface area contributed by atoms with Gasteiger partial charge < -0.3 is 9.73 Å². The first-order chi connectivity index (χ1) is 15.7. The van der Waals surface area contributed by atoms with Crippen LogP contribution in [0, 0.1) is 11.3 Å². The molecular formula is C23H21N5O2S2. The number of thiophene rings is 1. The summed E-state index contributed by atoms with van der Waals surface area (Å²) in [6, 6.07) is 12.0. The van der Waals surface area contributed by atoms with Gasteiger partial charge in [0.25, 0.3) is 0 Å². The molecule has 1 aromatic carbocycles. The molecule has 0 bridgehead atoms. The number of amides is 1. The molecule has 0 radical (unpaired) electrons. The molecule has 0 fully saturated rings. The van der Waals surface area contributed by atoms with Crippen LogP contribution < -0.4 is 5.32 Å². The van der Waals surface area contributed by atoms with Crippen molar-refractivity contribution >= 4 is 45.0 Å². The number of anilines is 1. The molecule has 3 aromatic heterocycles. The quantitative estimate of drug-likeness (QED) is 0.392. The number of para-hydroxylation sites is 1. The fourth-order valence-electron chi connectivity index (χ4n) is 4.02. The van der Waals surface area contributed by atoms with Gasteiger partial charge >= 0.3 is 0 Å². The first-order valence-corrected chi connectivity index (χ1v) is 12.4. The van der Waals surface area contributed by atoms with Gasteiger partial charge in [0, 0.05) is 16.8 Å². The van der Waals surface area contributed by atoms with Gasteiger partial charge in [-0.25, -0.2) is 0 Å². The molecule has 7 nitrogen and oxygen atoms in total. The number of hydrogen-bond donors (Lipinski definition) is 1. The molecule has 162 valence electrons. The molecule has 1 aliphatic rings. The highest BCUT2D eigenvalue weighted by molar-refractivity contribution is 7.99. The Kier molecular flexibility index (Phi) is 5.72. The number of nitriles is 1. The van der Waals surface area contributed by atoms with Crippen LogP contribution in [0.5, 0.6) is 0 Å². The molecule has 0 saturated carbocycles. The molecule has 1 N–H and O–H groups in total. The smallest absolute Gasteiger partial charge is 0.235 e. The normalized spacial score (nSPS) is 13.1. The van der Waals surface area contributed by atoms with Crippen LogP contribution in [-0.2, 0) is 24.2 Å². The minimum atomic E-state index is -0.152. The molecule has 0 saturated heterocycles. The van der Waals surface area contributed by atoms with Crippen LogP contribution in [0.2, 0.25) is 0 Å². The predicted octanol–water partition coefficient (Wildman–Crippen LogP) is 5.25. The number of aromatic nitrogens is 3. The van der Waals surface area contributed by atoms with E-state index in [1.165, 1.54) is 28.0 Å². The lowest BCUT2D eigenvalue weighted by atomic mass is 9.96. The standard InChI is InChI=1S/C23H21N5O2S2/c1-2-28-21(18-11-14-7-3-5-9-17(14)30-18)26-27-23(28)31-13-20(29)25-22-16(12-24)15-8-4-6-10-19(15)32-22/h3,5,7,9,11H,2,4,6,8,10,13H2,1H3,(H,25,29). The highest BCUT2D eigenvalue weighted by Gasteiger charge is 2.22. The number of aryl methyl sites for hydroxylation is 1. The van der Waals surface area contributed by atoms with Crippen molar-refractivity contribution in [3.8, 4) is 17.7 Å². The Labute approximate surface area is 193 Å². The maximum Gasteiger partial charge on any atom is 0.235 e. The lowest BCUT2D eigenvalue weighted by Gasteiger charge is -2.09. The zero-order valence-corrected chi connectivity index (χ0v) is 19.2. The number of nitrogens with zero attached hydrogens (tertiary/aromatic N) is 4. The Hall–Kier alpha value is -3.09. The van der Waals surface area contributed by atoms with Gasteiger partial charge in [0.15, 0.2) is 10.9 Å². The molecular weight excluding hydrogens is 442 g/mol. The minimum absolute atomic E-state index is 0.152. The Bertz CT molecular complexity index is 1310. The number of benzene rings is 1. The number of nitrogens with one attached hydrogen (secondary N) is 1. The predicted molar refractivity (Wildman–Crippen MR) is 126 cm³/mol. The summed E-state index contributed by atoms with van der Waals surface area (Å²) in [6.07, 6.45) is 4.15. The summed E-state index contributed by atoms with van der Waals surface area (Å²) in [7, 11) is 0. The Balaban J connectivity index is 1.31.